The number of hydrogen-bond donors (Lipinski definition) is 0. The van der Waals surface area contributed by atoms with Crippen LogP contribution in [0.3, 0.4) is 0 Å². The number of hydrogen-bond acceptors (Lipinski definition) is 2. The average molecular weight is 164 g/mol. The van der Waals surface area contributed by atoms with Crippen molar-refractivity contribution in [1.29, 1.82) is 0 Å². The summed E-state index contributed by atoms with van der Waals surface area (Å²) in [6, 6.07) is 0. The van der Waals surface area contributed by atoms with Crippen LogP contribution in [0.15, 0.2) is 0 Å². The van der Waals surface area contributed by atoms with Crippen LogP contribution >= 0.6 is 0 Å². The van der Waals surface area contributed by atoms with Gasteiger partial charge in [-0.05, 0) is 27.7 Å². The Kier molecular flexibility index (Phi) is 3.21. The fraction of sp³-hybridized carbons (Fsp3) is 1.00. The van der Waals surface area contributed by atoms with Gasteiger partial charge in [-0.25, -0.2) is 0 Å². The van der Waals surface area contributed by atoms with Crippen LogP contribution in [0.2, 0.25) is 13.6 Å². The Morgan fingerprint density at radius 1 is 0.833 bits per heavy atom. The zero-order chi connectivity index (χ0) is 8.91. The summed E-state index contributed by atoms with van der Waals surface area (Å²) in [5.74, 6) is 0. The van der Waals surface area contributed by atoms with Crippen molar-refractivity contribution in [3.05, 3.63) is 0 Å². The molecule has 0 aromatic carbocycles. The van der Waals surface area contributed by atoms with E-state index in [9.17, 15) is 0 Å². The molecule has 2 nitrogen and oxygen atoms in total. The van der Waals surface area contributed by atoms with E-state index in [1.165, 1.54) is 0 Å². The molecule has 12 heavy (non-hydrogen) atoms. The van der Waals surface area contributed by atoms with Crippen LogP contribution in [0.5, 0.6) is 0 Å². The molecular weight excluding hydrogens is 146 g/mol. The van der Waals surface area contributed by atoms with Gasteiger partial charge in [-0.15, -0.1) is 13.6 Å². The average Bonchev–Trinajstić information content (AvgIpc) is 1.66. The van der Waals surface area contributed by atoms with Gasteiger partial charge in [-0.1, -0.05) is 0 Å². The van der Waals surface area contributed by atoms with E-state index in [0.29, 0.717) is 0 Å². The summed E-state index contributed by atoms with van der Waals surface area (Å²) in [6.07, 6.45) is 0. The van der Waals surface area contributed by atoms with Crippen LogP contribution in [0, 0.1) is 0 Å². The molecule has 0 N–H and O–H groups in total. The van der Waals surface area contributed by atoms with Crippen LogP contribution in [0.1, 0.15) is 27.7 Å². The molecule has 0 bridgehead atoms. The summed E-state index contributed by atoms with van der Waals surface area (Å²) in [5, 5.41) is 0. The van der Waals surface area contributed by atoms with Crippen LogP contribution < -0.4 is 18.9 Å². The summed E-state index contributed by atoms with van der Waals surface area (Å²) >= 11 is 0. The molecule has 1 saturated heterocycles. The van der Waals surface area contributed by atoms with Crippen LogP contribution in [-0.2, 0) is 9.31 Å². The van der Waals surface area contributed by atoms with Gasteiger partial charge in [0, 0.05) is 11.2 Å². The third-order valence-electron chi connectivity index (χ3n) is 2.61. The fourth-order valence-electron chi connectivity index (χ4n) is 1.73. The summed E-state index contributed by atoms with van der Waals surface area (Å²) in [6.45, 7) is 11.3. The molecule has 1 heterocycles. The molecule has 0 aliphatic carbocycles. The predicted molar refractivity (Wildman–Crippen MR) is 47.8 cm³/mol. The van der Waals surface area contributed by atoms with Crippen molar-refractivity contribution in [2.75, 3.05) is 0 Å². The molecule has 0 unspecified atom stereocenters. The molecule has 1 rings (SSSR count). The first-order valence-corrected chi connectivity index (χ1v) is 4.28. The van der Waals surface area contributed by atoms with Crippen molar-refractivity contribution in [2.24, 2.45) is 0 Å². The van der Waals surface area contributed by atoms with Crippen LogP contribution in [0.25, 0.3) is 0 Å². The van der Waals surface area contributed by atoms with E-state index in [1.807, 2.05) is 13.6 Å². The van der Waals surface area contributed by atoms with Gasteiger partial charge >= 0.3 is 18.9 Å². The van der Waals surface area contributed by atoms with E-state index < -0.39 is 6.55 Å². The molecule has 0 atom stereocenters. The topological polar surface area (TPSA) is 18.5 Å². The third kappa shape index (κ3) is 2.09. The van der Waals surface area contributed by atoms with Gasteiger partial charge in [-0.3, -0.25) is 0 Å². The summed E-state index contributed by atoms with van der Waals surface area (Å²) in [4.78, 5) is 0. The maximum absolute atomic E-state index is 5.79. The molecule has 1 aliphatic rings. The quantitative estimate of drug-likeness (QED) is 0.440. The molecule has 0 saturated carbocycles. The van der Waals surface area contributed by atoms with Crippen molar-refractivity contribution in [3.63, 3.8) is 0 Å². The van der Waals surface area contributed by atoms with E-state index in [0.717, 1.165) is 0 Å². The zero-order valence-corrected chi connectivity index (χ0v) is 9.39. The molecule has 0 amide bonds. The smallest absolute Gasteiger partial charge is 0.562 e. The second kappa shape index (κ2) is 3.06. The Hall–Kier alpha value is 0.582. The standard InChI is InChI=1S/C8H18BO2.Li/c1-7(2)8(3,4)11-9(5,6)10-7;/h1-6H3;/q-1;+1. The first-order valence-electron chi connectivity index (χ1n) is 4.28. The predicted octanol–water partition coefficient (Wildman–Crippen LogP) is -0.704. The first kappa shape index (κ1) is 12.6. The van der Waals surface area contributed by atoms with Crippen LogP contribution in [-0.4, -0.2) is 17.8 Å². The summed E-state index contributed by atoms with van der Waals surface area (Å²) < 4.78 is 11.6. The van der Waals surface area contributed by atoms with Crippen molar-refractivity contribution in [3.8, 4) is 0 Å². The Balaban J connectivity index is 0.00000121. The maximum Gasteiger partial charge on any atom is 1.00 e. The van der Waals surface area contributed by atoms with E-state index >= 15 is 0 Å². The van der Waals surface area contributed by atoms with Gasteiger partial charge in [0.1, 0.15) is 0 Å². The van der Waals surface area contributed by atoms with Crippen molar-refractivity contribution < 1.29 is 28.2 Å². The first-order chi connectivity index (χ1) is 4.66. The Bertz CT molecular complexity index is 160. The normalized spacial score (nSPS) is 29.5. The Morgan fingerprint density at radius 2 is 1.08 bits per heavy atom. The SMILES string of the molecule is C[B-]1(C)OC(C)(C)C(C)(C)O1.[Li+]. The summed E-state index contributed by atoms with van der Waals surface area (Å²) in [7, 11) is 0. The van der Waals surface area contributed by atoms with E-state index in [2.05, 4.69) is 27.7 Å². The summed E-state index contributed by atoms with van der Waals surface area (Å²) in [5.41, 5.74) is -0.340. The molecule has 0 aromatic heterocycles. The minimum Gasteiger partial charge on any atom is -0.562 e. The maximum atomic E-state index is 5.79. The second-order valence-corrected chi connectivity index (χ2v) is 4.87. The second-order valence-electron chi connectivity index (χ2n) is 4.87. The van der Waals surface area contributed by atoms with Gasteiger partial charge in [0.05, 0.1) is 0 Å². The Morgan fingerprint density at radius 3 is 1.17 bits per heavy atom. The van der Waals surface area contributed by atoms with E-state index in [1.54, 1.807) is 0 Å². The molecular formula is C8H18BLiO2. The molecule has 0 spiro atoms. The van der Waals surface area contributed by atoms with Crippen LogP contribution in [0.4, 0.5) is 0 Å². The minimum atomic E-state index is -1.06. The molecule has 66 valence electrons. The third-order valence-corrected chi connectivity index (χ3v) is 2.61. The molecule has 1 aliphatic heterocycles. The monoisotopic (exact) mass is 164 g/mol. The molecule has 0 radical (unpaired) electrons. The fourth-order valence-corrected chi connectivity index (χ4v) is 1.73. The van der Waals surface area contributed by atoms with Gasteiger partial charge < -0.3 is 9.31 Å². The Labute approximate surface area is 87.5 Å². The van der Waals surface area contributed by atoms with Gasteiger partial charge in [-0.2, -0.15) is 0 Å². The molecule has 1 fully saturated rings. The molecule has 0 aromatic rings. The largest absolute Gasteiger partial charge is 1.00 e. The minimum absolute atomic E-state index is 0. The van der Waals surface area contributed by atoms with Gasteiger partial charge in [0.2, 0.25) is 6.55 Å². The van der Waals surface area contributed by atoms with Gasteiger partial charge in [0.25, 0.3) is 0 Å². The van der Waals surface area contributed by atoms with Crippen molar-refractivity contribution >= 4 is 6.55 Å². The van der Waals surface area contributed by atoms with E-state index in [-0.39, 0.29) is 30.1 Å². The number of rotatable bonds is 0. The van der Waals surface area contributed by atoms with Crippen molar-refractivity contribution in [2.45, 2.75) is 52.5 Å². The zero-order valence-electron chi connectivity index (χ0n) is 9.39. The molecule has 4 heteroatoms. The van der Waals surface area contributed by atoms with Gasteiger partial charge in [0.15, 0.2) is 0 Å². The van der Waals surface area contributed by atoms with Crippen molar-refractivity contribution in [1.82, 2.24) is 0 Å². The van der Waals surface area contributed by atoms with E-state index in [4.69, 9.17) is 9.31 Å².